The van der Waals surface area contributed by atoms with Gasteiger partial charge in [-0.3, -0.25) is 14.4 Å². The molecule has 9 nitrogen and oxygen atoms in total. The molecule has 0 bridgehead atoms. The molecule has 2 heterocycles. The number of likely N-dealkylation sites (N-methyl/N-ethyl adjacent to an activating group) is 1. The van der Waals surface area contributed by atoms with Crippen molar-refractivity contribution in [3.63, 3.8) is 0 Å². The van der Waals surface area contributed by atoms with Crippen LogP contribution in [-0.2, 0) is 6.54 Å². The van der Waals surface area contributed by atoms with Crippen molar-refractivity contribution in [1.29, 1.82) is 0 Å². The van der Waals surface area contributed by atoms with E-state index in [0.717, 1.165) is 43.8 Å². The van der Waals surface area contributed by atoms with E-state index in [1.807, 2.05) is 38.2 Å². The molecule has 0 aliphatic carbocycles. The second-order valence-electron chi connectivity index (χ2n) is 8.51. The number of unbranched alkanes of at least 4 members (excludes halogenated alkanes) is 1. The molecule has 2 aromatic heterocycles. The number of nitrogens with zero attached hydrogens (tertiary/aromatic N) is 7. The molecule has 0 saturated heterocycles. The zero-order chi connectivity index (χ0) is 26.0. The number of hydrogen-bond acceptors (Lipinski definition) is 8. The average Bonchev–Trinajstić information content (AvgIpc) is 3.61. The summed E-state index contributed by atoms with van der Waals surface area (Å²) in [6.45, 7) is 5.44. The molecule has 0 aliphatic rings. The Balaban J connectivity index is 1.35. The lowest BCUT2D eigenvalue weighted by molar-refractivity contribution is 0.0982. The van der Waals surface area contributed by atoms with Gasteiger partial charge < -0.3 is 9.64 Å². The summed E-state index contributed by atoms with van der Waals surface area (Å²) in [6, 6.07) is 13.6. The molecule has 0 N–H and O–H groups in total. The highest BCUT2D eigenvalue weighted by atomic mass is 32.1. The van der Waals surface area contributed by atoms with Crippen molar-refractivity contribution in [2.24, 2.45) is 0 Å². The van der Waals surface area contributed by atoms with E-state index in [1.54, 1.807) is 23.1 Å². The van der Waals surface area contributed by atoms with Crippen molar-refractivity contribution in [3.8, 4) is 16.3 Å². The highest BCUT2D eigenvalue weighted by Gasteiger charge is 2.23. The Labute approximate surface area is 219 Å². The van der Waals surface area contributed by atoms with E-state index in [9.17, 15) is 9.18 Å². The number of aromatic nitrogens is 5. The largest absolute Gasteiger partial charge is 0.492 e. The van der Waals surface area contributed by atoms with E-state index < -0.39 is 11.7 Å². The van der Waals surface area contributed by atoms with E-state index in [-0.39, 0.29) is 5.56 Å². The number of rotatable bonds is 13. The van der Waals surface area contributed by atoms with Gasteiger partial charge >= 0.3 is 0 Å². The molecule has 194 valence electrons. The molecular formula is C26H30FN7O2S. The maximum absolute atomic E-state index is 14.3. The summed E-state index contributed by atoms with van der Waals surface area (Å²) >= 11 is 1.31. The van der Waals surface area contributed by atoms with Gasteiger partial charge in [0, 0.05) is 25.2 Å². The lowest BCUT2D eigenvalue weighted by atomic mass is 10.2. The quantitative estimate of drug-likeness (QED) is 0.257. The van der Waals surface area contributed by atoms with Crippen molar-refractivity contribution in [2.75, 3.05) is 38.2 Å². The summed E-state index contributed by atoms with van der Waals surface area (Å²) in [7, 11) is 2.04. The van der Waals surface area contributed by atoms with Crippen LogP contribution < -0.4 is 9.64 Å². The van der Waals surface area contributed by atoms with Crippen LogP contribution in [0.4, 0.5) is 9.52 Å². The summed E-state index contributed by atoms with van der Waals surface area (Å²) in [4.78, 5) is 20.7. The van der Waals surface area contributed by atoms with Gasteiger partial charge in [0.1, 0.15) is 35.8 Å². The van der Waals surface area contributed by atoms with E-state index in [1.165, 1.54) is 34.7 Å². The topological polar surface area (TPSA) is 89.3 Å². The highest BCUT2D eigenvalue weighted by Crippen LogP contribution is 2.31. The third kappa shape index (κ3) is 7.17. The number of amides is 1. The van der Waals surface area contributed by atoms with Crippen molar-refractivity contribution in [2.45, 2.75) is 26.3 Å². The highest BCUT2D eigenvalue weighted by molar-refractivity contribution is 7.18. The number of halogens is 1. The maximum atomic E-state index is 14.3. The Kier molecular flexibility index (Phi) is 9.28. The molecule has 0 fully saturated rings. The van der Waals surface area contributed by atoms with Gasteiger partial charge in [-0.15, -0.1) is 10.2 Å². The molecule has 0 unspecified atom stereocenters. The molecule has 0 spiro atoms. The van der Waals surface area contributed by atoms with Crippen LogP contribution in [0.3, 0.4) is 0 Å². The molecule has 0 radical (unpaired) electrons. The minimum atomic E-state index is -0.546. The van der Waals surface area contributed by atoms with E-state index in [4.69, 9.17) is 4.74 Å². The average molecular weight is 524 g/mol. The molecule has 0 saturated carbocycles. The third-order valence-corrected chi connectivity index (χ3v) is 6.75. The normalized spacial score (nSPS) is 11.1. The standard InChI is InChI=1S/C26H30FN7O2S/c1-3-4-13-34(25(35)22-7-5-6-8-23(22)27)26-31-30-24(37-26)20-9-11-21(12-10-20)36-17-16-32(2)14-15-33-19-28-18-29-33/h5-12,18-19H,3-4,13-17H2,1-2H3. The van der Waals surface area contributed by atoms with Crippen LogP contribution in [0.2, 0.25) is 0 Å². The molecule has 11 heteroatoms. The first-order chi connectivity index (χ1) is 18.0. The smallest absolute Gasteiger partial charge is 0.263 e. The van der Waals surface area contributed by atoms with Gasteiger partial charge in [0.2, 0.25) is 5.13 Å². The molecule has 0 aliphatic heterocycles. The van der Waals surface area contributed by atoms with Crippen molar-refractivity contribution >= 4 is 22.4 Å². The van der Waals surface area contributed by atoms with Gasteiger partial charge in [0.05, 0.1) is 12.1 Å². The first-order valence-corrected chi connectivity index (χ1v) is 13.0. The van der Waals surface area contributed by atoms with Crippen LogP contribution in [0.15, 0.2) is 61.2 Å². The third-order valence-electron chi connectivity index (χ3n) is 5.75. The second-order valence-corrected chi connectivity index (χ2v) is 9.47. The zero-order valence-electron chi connectivity index (χ0n) is 21.0. The Hall–Kier alpha value is -3.70. The SMILES string of the molecule is CCCCN(C(=O)c1ccccc1F)c1nnc(-c2ccc(OCCN(C)CCn3cncn3)cc2)s1. The molecule has 1 amide bonds. The first kappa shape index (κ1) is 26.4. The lowest BCUT2D eigenvalue weighted by Crippen LogP contribution is -2.32. The van der Waals surface area contributed by atoms with Gasteiger partial charge in [-0.2, -0.15) is 5.10 Å². The maximum Gasteiger partial charge on any atom is 0.263 e. The van der Waals surface area contributed by atoms with Crippen LogP contribution in [0, 0.1) is 5.82 Å². The molecule has 37 heavy (non-hydrogen) atoms. The molecule has 2 aromatic carbocycles. The number of ether oxygens (including phenoxy) is 1. The first-order valence-electron chi connectivity index (χ1n) is 12.2. The number of anilines is 1. The fourth-order valence-corrected chi connectivity index (χ4v) is 4.44. The van der Waals surface area contributed by atoms with Crippen LogP contribution in [0.1, 0.15) is 30.1 Å². The van der Waals surface area contributed by atoms with Crippen LogP contribution in [0.5, 0.6) is 5.75 Å². The predicted molar refractivity (Wildman–Crippen MR) is 141 cm³/mol. The molecule has 4 rings (SSSR count). The molecule has 4 aromatic rings. The lowest BCUT2D eigenvalue weighted by Gasteiger charge is -2.19. The van der Waals surface area contributed by atoms with Gasteiger partial charge in [-0.05, 0) is 49.9 Å². The van der Waals surface area contributed by atoms with Crippen molar-refractivity contribution in [3.05, 3.63) is 72.6 Å². The van der Waals surface area contributed by atoms with Gasteiger partial charge in [-0.25, -0.2) is 9.37 Å². The Morgan fingerprint density at radius 1 is 1.08 bits per heavy atom. The summed E-state index contributed by atoms with van der Waals surface area (Å²) in [5, 5.41) is 13.8. The second kappa shape index (κ2) is 13.0. The van der Waals surface area contributed by atoms with E-state index in [2.05, 4.69) is 25.2 Å². The fraction of sp³-hybridized carbons (Fsp3) is 0.346. The van der Waals surface area contributed by atoms with Gasteiger partial charge in [-0.1, -0.05) is 36.8 Å². The number of carbonyl (C=O) groups excluding carboxylic acids is 1. The minimum Gasteiger partial charge on any atom is -0.492 e. The van der Waals surface area contributed by atoms with E-state index >= 15 is 0 Å². The van der Waals surface area contributed by atoms with Crippen LogP contribution >= 0.6 is 11.3 Å². The predicted octanol–water partition coefficient (Wildman–Crippen LogP) is 4.39. The van der Waals surface area contributed by atoms with Crippen molar-refractivity contribution in [1.82, 2.24) is 29.9 Å². The van der Waals surface area contributed by atoms with Crippen molar-refractivity contribution < 1.29 is 13.9 Å². The Morgan fingerprint density at radius 2 is 1.89 bits per heavy atom. The molecule has 0 atom stereocenters. The zero-order valence-corrected chi connectivity index (χ0v) is 21.8. The van der Waals surface area contributed by atoms with Gasteiger partial charge in [0.25, 0.3) is 5.91 Å². The Morgan fingerprint density at radius 3 is 2.62 bits per heavy atom. The van der Waals surface area contributed by atoms with Gasteiger partial charge in [0.15, 0.2) is 0 Å². The summed E-state index contributed by atoms with van der Waals surface area (Å²) in [5.41, 5.74) is 0.899. The summed E-state index contributed by atoms with van der Waals surface area (Å²) in [5.74, 6) is -0.197. The fourth-order valence-electron chi connectivity index (χ4n) is 3.57. The summed E-state index contributed by atoms with van der Waals surface area (Å²) < 4.78 is 22.0. The minimum absolute atomic E-state index is 0.0286. The number of carbonyl (C=O) groups is 1. The van der Waals surface area contributed by atoms with E-state index in [0.29, 0.717) is 23.3 Å². The summed E-state index contributed by atoms with van der Waals surface area (Å²) in [6.07, 6.45) is 4.91. The van der Waals surface area contributed by atoms with Crippen LogP contribution in [-0.4, -0.2) is 69.1 Å². The molecular weight excluding hydrogens is 493 g/mol. The monoisotopic (exact) mass is 523 g/mol. The number of benzene rings is 2. The Bertz CT molecular complexity index is 1260. The van der Waals surface area contributed by atoms with Crippen LogP contribution in [0.25, 0.3) is 10.6 Å². The number of hydrogen-bond donors (Lipinski definition) is 0.